The van der Waals surface area contributed by atoms with Crippen molar-refractivity contribution in [1.29, 1.82) is 0 Å². The van der Waals surface area contributed by atoms with Crippen LogP contribution < -0.4 is 5.32 Å². The van der Waals surface area contributed by atoms with Crippen molar-refractivity contribution in [2.75, 3.05) is 26.2 Å². The molecule has 1 aromatic heterocycles. The van der Waals surface area contributed by atoms with Crippen molar-refractivity contribution in [2.45, 2.75) is 12.5 Å². The van der Waals surface area contributed by atoms with Gasteiger partial charge in [0.1, 0.15) is 18.2 Å². The van der Waals surface area contributed by atoms with Crippen molar-refractivity contribution >= 4 is 6.03 Å². The Morgan fingerprint density at radius 3 is 3.12 bits per heavy atom. The Balaban J connectivity index is 1.50. The average molecular weight is 333 g/mol. The number of carbonyl (C=O) groups is 1. The molecular formula is C16H20FN5O2. The molecule has 2 heterocycles. The summed E-state index contributed by atoms with van der Waals surface area (Å²) in [5.74, 6) is 0.436. The Labute approximate surface area is 139 Å². The van der Waals surface area contributed by atoms with Crippen molar-refractivity contribution in [2.24, 2.45) is 7.05 Å². The van der Waals surface area contributed by atoms with E-state index in [4.69, 9.17) is 4.74 Å². The summed E-state index contributed by atoms with van der Waals surface area (Å²) in [6.45, 7) is 1.86. The Bertz CT molecular complexity index is 705. The second-order valence-corrected chi connectivity index (χ2v) is 5.72. The summed E-state index contributed by atoms with van der Waals surface area (Å²) >= 11 is 0. The van der Waals surface area contributed by atoms with Gasteiger partial charge >= 0.3 is 6.03 Å². The molecule has 7 nitrogen and oxygen atoms in total. The largest absolute Gasteiger partial charge is 0.366 e. The van der Waals surface area contributed by atoms with E-state index in [9.17, 15) is 9.18 Å². The van der Waals surface area contributed by atoms with Crippen molar-refractivity contribution in [3.8, 4) is 0 Å². The topological polar surface area (TPSA) is 72.3 Å². The predicted octanol–water partition coefficient (Wildman–Crippen LogP) is 1.28. The van der Waals surface area contributed by atoms with Crippen LogP contribution >= 0.6 is 0 Å². The van der Waals surface area contributed by atoms with Crippen LogP contribution in [0.15, 0.2) is 30.6 Å². The number of ether oxygens (including phenoxy) is 1. The summed E-state index contributed by atoms with van der Waals surface area (Å²) in [7, 11) is 1.84. The van der Waals surface area contributed by atoms with E-state index in [1.54, 1.807) is 21.9 Å². The van der Waals surface area contributed by atoms with Crippen LogP contribution in [-0.4, -0.2) is 51.9 Å². The SMILES string of the molecule is Cn1cnnc1C1CN(C(=O)NCCc2cccc(F)c2)CCO1. The lowest BCUT2D eigenvalue weighted by atomic mass is 10.1. The fourth-order valence-electron chi connectivity index (χ4n) is 2.69. The number of nitrogens with zero attached hydrogens (tertiary/aromatic N) is 4. The smallest absolute Gasteiger partial charge is 0.317 e. The van der Waals surface area contributed by atoms with Crippen LogP contribution in [0.2, 0.25) is 0 Å². The standard InChI is InChI=1S/C16H20FN5O2/c1-21-11-19-20-15(21)14-10-22(7-8-24-14)16(23)18-6-5-12-3-2-4-13(17)9-12/h2-4,9,11,14H,5-8,10H2,1H3,(H,18,23). The zero-order valence-electron chi connectivity index (χ0n) is 13.5. The first-order valence-electron chi connectivity index (χ1n) is 7.86. The zero-order valence-corrected chi connectivity index (χ0v) is 13.5. The molecule has 24 heavy (non-hydrogen) atoms. The Kier molecular flexibility index (Phi) is 5.05. The van der Waals surface area contributed by atoms with Gasteiger partial charge in [-0.1, -0.05) is 12.1 Å². The number of hydrogen-bond acceptors (Lipinski definition) is 4. The first-order chi connectivity index (χ1) is 11.6. The van der Waals surface area contributed by atoms with Gasteiger partial charge in [-0.05, 0) is 24.1 Å². The first kappa shape index (κ1) is 16.4. The third-order valence-corrected chi connectivity index (χ3v) is 3.97. The molecule has 8 heteroatoms. The predicted molar refractivity (Wildman–Crippen MR) is 84.8 cm³/mol. The van der Waals surface area contributed by atoms with E-state index in [0.29, 0.717) is 38.5 Å². The quantitative estimate of drug-likeness (QED) is 0.915. The summed E-state index contributed by atoms with van der Waals surface area (Å²) in [4.78, 5) is 14.0. The van der Waals surface area contributed by atoms with E-state index < -0.39 is 0 Å². The van der Waals surface area contributed by atoms with E-state index in [1.807, 2.05) is 13.1 Å². The molecule has 1 aromatic carbocycles. The second kappa shape index (κ2) is 7.39. The highest BCUT2D eigenvalue weighted by molar-refractivity contribution is 5.74. The van der Waals surface area contributed by atoms with E-state index in [-0.39, 0.29) is 18.0 Å². The van der Waals surface area contributed by atoms with Gasteiger partial charge < -0.3 is 19.5 Å². The second-order valence-electron chi connectivity index (χ2n) is 5.72. The zero-order chi connectivity index (χ0) is 16.9. The Morgan fingerprint density at radius 2 is 2.38 bits per heavy atom. The highest BCUT2D eigenvalue weighted by Crippen LogP contribution is 2.19. The van der Waals surface area contributed by atoms with Crippen LogP contribution in [0.25, 0.3) is 0 Å². The third kappa shape index (κ3) is 3.88. The molecule has 3 rings (SSSR count). The molecule has 2 amide bonds. The summed E-state index contributed by atoms with van der Waals surface area (Å²) in [5.41, 5.74) is 0.856. The number of amides is 2. The fourth-order valence-corrected chi connectivity index (χ4v) is 2.69. The van der Waals surface area contributed by atoms with Crippen LogP contribution in [0.4, 0.5) is 9.18 Å². The fraction of sp³-hybridized carbons (Fsp3) is 0.438. The molecule has 1 saturated heterocycles. The normalized spacial score (nSPS) is 17.8. The number of morpholine rings is 1. The lowest BCUT2D eigenvalue weighted by Gasteiger charge is -2.32. The number of urea groups is 1. The van der Waals surface area contributed by atoms with E-state index in [0.717, 1.165) is 5.56 Å². The van der Waals surface area contributed by atoms with Crippen molar-refractivity contribution in [3.63, 3.8) is 0 Å². The number of rotatable bonds is 4. The molecule has 1 aliphatic rings. The molecule has 1 aliphatic heterocycles. The van der Waals surface area contributed by atoms with Crippen molar-refractivity contribution in [3.05, 3.63) is 47.8 Å². The Morgan fingerprint density at radius 1 is 1.50 bits per heavy atom. The van der Waals surface area contributed by atoms with Gasteiger partial charge in [0.25, 0.3) is 0 Å². The molecule has 1 fully saturated rings. The molecular weight excluding hydrogens is 313 g/mol. The van der Waals surface area contributed by atoms with Crippen molar-refractivity contribution in [1.82, 2.24) is 25.0 Å². The average Bonchev–Trinajstić information content (AvgIpc) is 3.01. The van der Waals surface area contributed by atoms with Crippen LogP contribution in [0.1, 0.15) is 17.5 Å². The lowest BCUT2D eigenvalue weighted by molar-refractivity contribution is -0.0214. The number of hydrogen-bond donors (Lipinski definition) is 1. The van der Waals surface area contributed by atoms with Crippen LogP contribution in [-0.2, 0) is 18.2 Å². The molecule has 2 aromatic rings. The van der Waals surface area contributed by atoms with Crippen LogP contribution in [0.3, 0.4) is 0 Å². The van der Waals surface area contributed by atoms with E-state index in [2.05, 4.69) is 15.5 Å². The number of aryl methyl sites for hydroxylation is 1. The summed E-state index contributed by atoms with van der Waals surface area (Å²) in [5, 5.41) is 10.7. The molecule has 0 saturated carbocycles. The van der Waals surface area contributed by atoms with E-state index >= 15 is 0 Å². The molecule has 128 valence electrons. The number of halogens is 1. The van der Waals surface area contributed by atoms with Gasteiger partial charge in [-0.25, -0.2) is 9.18 Å². The third-order valence-electron chi connectivity index (χ3n) is 3.97. The summed E-state index contributed by atoms with van der Waals surface area (Å²) < 4.78 is 20.6. The van der Waals surface area contributed by atoms with Gasteiger partial charge in [-0.3, -0.25) is 0 Å². The number of nitrogens with one attached hydrogen (secondary N) is 1. The van der Waals surface area contributed by atoms with Crippen LogP contribution in [0, 0.1) is 5.82 Å². The maximum absolute atomic E-state index is 13.1. The van der Waals surface area contributed by atoms with Gasteiger partial charge in [0.05, 0.1) is 13.2 Å². The van der Waals surface area contributed by atoms with Gasteiger partial charge in [-0.2, -0.15) is 0 Å². The lowest BCUT2D eigenvalue weighted by Crippen LogP contribution is -2.47. The maximum atomic E-state index is 13.1. The number of carbonyl (C=O) groups excluding carboxylic acids is 1. The maximum Gasteiger partial charge on any atom is 0.317 e. The Hall–Kier alpha value is -2.48. The molecule has 0 aliphatic carbocycles. The van der Waals surface area contributed by atoms with Gasteiger partial charge in [0.2, 0.25) is 0 Å². The molecule has 0 bridgehead atoms. The molecule has 0 spiro atoms. The highest BCUT2D eigenvalue weighted by atomic mass is 19.1. The first-order valence-corrected chi connectivity index (χ1v) is 7.86. The van der Waals surface area contributed by atoms with Gasteiger partial charge in [-0.15, -0.1) is 10.2 Å². The van der Waals surface area contributed by atoms with E-state index in [1.165, 1.54) is 12.1 Å². The van der Waals surface area contributed by atoms with Gasteiger partial charge in [0.15, 0.2) is 5.82 Å². The molecule has 0 radical (unpaired) electrons. The number of aromatic nitrogens is 3. The molecule has 1 N–H and O–H groups in total. The van der Waals surface area contributed by atoms with Crippen LogP contribution in [0.5, 0.6) is 0 Å². The summed E-state index contributed by atoms with van der Waals surface area (Å²) in [6, 6.07) is 6.24. The minimum atomic E-state index is -0.278. The monoisotopic (exact) mass is 333 g/mol. The molecule has 1 atom stereocenters. The van der Waals surface area contributed by atoms with Crippen molar-refractivity contribution < 1.29 is 13.9 Å². The highest BCUT2D eigenvalue weighted by Gasteiger charge is 2.28. The number of benzene rings is 1. The minimum absolute atomic E-state index is 0.151. The van der Waals surface area contributed by atoms with Gasteiger partial charge in [0, 0.05) is 20.1 Å². The summed E-state index contributed by atoms with van der Waals surface area (Å²) in [6.07, 6.45) is 1.91. The molecule has 1 unspecified atom stereocenters. The minimum Gasteiger partial charge on any atom is -0.366 e.